The Balaban J connectivity index is 1.73. The molecule has 4 rings (SSSR count). The van der Waals surface area contributed by atoms with E-state index in [1.807, 2.05) is 0 Å². The van der Waals surface area contributed by atoms with E-state index in [9.17, 15) is 19.8 Å². The number of carbonyl (C=O) groups excluding carboxylic acids is 2. The second-order valence-electron chi connectivity index (χ2n) is 9.52. The molecule has 0 aromatic carbocycles. The van der Waals surface area contributed by atoms with Crippen LogP contribution in [-0.2, 0) is 9.59 Å². The largest absolute Gasteiger partial charge is 0.389 e. The molecule has 7 atom stereocenters. The first kappa shape index (κ1) is 17.4. The van der Waals surface area contributed by atoms with Gasteiger partial charge in [0.2, 0.25) is 0 Å². The topological polar surface area (TPSA) is 74.6 Å². The molecule has 0 aromatic heterocycles. The number of carbonyl (C=O) groups is 2. The minimum atomic E-state index is -1.22. The lowest BCUT2D eigenvalue weighted by molar-refractivity contribution is -0.162. The van der Waals surface area contributed by atoms with Crippen molar-refractivity contribution in [3.8, 4) is 0 Å². The van der Waals surface area contributed by atoms with Gasteiger partial charge in [-0.25, -0.2) is 0 Å². The van der Waals surface area contributed by atoms with Crippen molar-refractivity contribution < 1.29 is 19.8 Å². The van der Waals surface area contributed by atoms with Crippen LogP contribution in [-0.4, -0.2) is 33.5 Å². The average molecular weight is 346 g/mol. The predicted molar refractivity (Wildman–Crippen MR) is 93.7 cm³/mol. The van der Waals surface area contributed by atoms with Crippen LogP contribution in [0.1, 0.15) is 65.7 Å². The van der Waals surface area contributed by atoms with Gasteiger partial charge >= 0.3 is 0 Å². The highest BCUT2D eigenvalue weighted by atomic mass is 16.3. The fourth-order valence-electron chi connectivity index (χ4n) is 7.20. The number of aliphatic hydroxyl groups excluding tert-OH is 1. The van der Waals surface area contributed by atoms with Gasteiger partial charge in [-0.3, -0.25) is 9.59 Å². The zero-order valence-corrected chi connectivity index (χ0v) is 15.5. The number of hydrogen-bond acceptors (Lipinski definition) is 4. The van der Waals surface area contributed by atoms with Gasteiger partial charge in [0, 0.05) is 11.8 Å². The second-order valence-corrected chi connectivity index (χ2v) is 9.52. The third kappa shape index (κ3) is 2.07. The van der Waals surface area contributed by atoms with Gasteiger partial charge in [0.15, 0.2) is 11.6 Å². The Morgan fingerprint density at radius 2 is 1.84 bits per heavy atom. The van der Waals surface area contributed by atoms with Crippen molar-refractivity contribution in [2.75, 3.05) is 0 Å². The normalized spacial score (nSPS) is 52.0. The van der Waals surface area contributed by atoms with Crippen LogP contribution in [0.15, 0.2) is 11.6 Å². The lowest BCUT2D eigenvalue weighted by atomic mass is 9.46. The van der Waals surface area contributed by atoms with Crippen LogP contribution >= 0.6 is 0 Å². The molecule has 138 valence electrons. The molecule has 0 bridgehead atoms. The van der Waals surface area contributed by atoms with Crippen LogP contribution in [0.2, 0.25) is 0 Å². The molecule has 0 aliphatic heterocycles. The molecule has 0 heterocycles. The highest BCUT2D eigenvalue weighted by Crippen LogP contribution is 2.67. The van der Waals surface area contributed by atoms with Crippen molar-refractivity contribution in [2.24, 2.45) is 28.6 Å². The van der Waals surface area contributed by atoms with Crippen molar-refractivity contribution in [3.05, 3.63) is 11.6 Å². The summed E-state index contributed by atoms with van der Waals surface area (Å²) in [5.41, 5.74) is -0.780. The lowest BCUT2D eigenvalue weighted by Crippen LogP contribution is -2.58. The summed E-state index contributed by atoms with van der Waals surface area (Å²) >= 11 is 0. The molecular weight excluding hydrogens is 316 g/mol. The third-order valence-electron chi connectivity index (χ3n) is 8.71. The fourth-order valence-corrected chi connectivity index (χ4v) is 7.20. The highest BCUT2D eigenvalue weighted by molar-refractivity contribution is 5.92. The van der Waals surface area contributed by atoms with Crippen molar-refractivity contribution >= 4 is 11.6 Å². The Hall–Kier alpha value is -1.00. The van der Waals surface area contributed by atoms with Gasteiger partial charge in [-0.1, -0.05) is 13.8 Å². The van der Waals surface area contributed by atoms with Gasteiger partial charge < -0.3 is 10.2 Å². The molecule has 0 amide bonds. The molecule has 4 aliphatic rings. The van der Waals surface area contributed by atoms with E-state index in [1.165, 1.54) is 6.92 Å². The number of Topliss-reactive ketones (excluding diaryl/α,β-unsaturated/α-hetero) is 1. The van der Waals surface area contributed by atoms with Gasteiger partial charge in [0.1, 0.15) is 5.60 Å². The van der Waals surface area contributed by atoms with Crippen molar-refractivity contribution in [1.29, 1.82) is 0 Å². The SMILES string of the molecule is CC(=O)[C@]1(O)CC[C@@H]2[C@H]3C[C@@H](O)C4=CC(=O)CC[C@]4(C)[C@@H]3CC[C@@]21C. The number of ketones is 2. The van der Waals surface area contributed by atoms with Crippen LogP contribution in [0.4, 0.5) is 0 Å². The predicted octanol–water partition coefficient (Wildman–Crippen LogP) is 2.81. The summed E-state index contributed by atoms with van der Waals surface area (Å²) in [6.45, 7) is 5.83. The van der Waals surface area contributed by atoms with E-state index in [0.717, 1.165) is 31.3 Å². The maximum Gasteiger partial charge on any atom is 0.161 e. The highest BCUT2D eigenvalue weighted by Gasteiger charge is 2.66. The van der Waals surface area contributed by atoms with E-state index < -0.39 is 11.7 Å². The number of rotatable bonds is 1. The van der Waals surface area contributed by atoms with E-state index in [1.54, 1.807) is 6.08 Å². The minimum absolute atomic E-state index is 0.109. The molecule has 3 fully saturated rings. The van der Waals surface area contributed by atoms with E-state index in [-0.39, 0.29) is 28.3 Å². The molecule has 4 aliphatic carbocycles. The standard InChI is InChI=1S/C21H30O4/c1-12(22)21(25)9-6-16-14-11-18(24)17-10-13(23)4-7-19(17,2)15(14)5-8-20(16,21)3/h10,14-16,18,24-25H,4-9,11H2,1-3H3/t14-,15+,16+,18+,19+,20-,21+/m0/s1. The summed E-state index contributed by atoms with van der Waals surface area (Å²) in [4.78, 5) is 24.1. The first-order chi connectivity index (χ1) is 11.6. The molecule has 4 heteroatoms. The van der Waals surface area contributed by atoms with E-state index in [0.29, 0.717) is 31.1 Å². The summed E-state index contributed by atoms with van der Waals surface area (Å²) < 4.78 is 0. The van der Waals surface area contributed by atoms with Crippen molar-refractivity contribution in [3.63, 3.8) is 0 Å². The van der Waals surface area contributed by atoms with Gasteiger partial charge in [0.05, 0.1) is 6.10 Å². The maximum absolute atomic E-state index is 12.2. The lowest BCUT2D eigenvalue weighted by Gasteiger charge is -2.59. The first-order valence-corrected chi connectivity index (χ1v) is 9.80. The zero-order chi connectivity index (χ0) is 18.2. The number of fused-ring (bicyclic) bond motifs is 5. The summed E-state index contributed by atoms with van der Waals surface area (Å²) in [6.07, 6.45) is 6.39. The molecule has 0 radical (unpaired) electrons. The summed E-state index contributed by atoms with van der Waals surface area (Å²) in [6, 6.07) is 0. The van der Waals surface area contributed by atoms with Crippen LogP contribution in [0, 0.1) is 28.6 Å². The van der Waals surface area contributed by atoms with Gasteiger partial charge in [0.25, 0.3) is 0 Å². The monoisotopic (exact) mass is 346 g/mol. The van der Waals surface area contributed by atoms with Crippen LogP contribution in [0.3, 0.4) is 0 Å². The smallest absolute Gasteiger partial charge is 0.161 e. The molecule has 0 spiro atoms. The summed E-state index contributed by atoms with van der Waals surface area (Å²) in [5, 5.41) is 22.0. The van der Waals surface area contributed by atoms with Gasteiger partial charge in [-0.2, -0.15) is 0 Å². The number of aliphatic hydroxyl groups is 2. The summed E-state index contributed by atoms with van der Waals surface area (Å²) in [5.74, 6) is 1.05. The Labute approximate surface area is 149 Å². The van der Waals surface area contributed by atoms with Gasteiger partial charge in [-0.15, -0.1) is 0 Å². The Morgan fingerprint density at radius 3 is 2.52 bits per heavy atom. The summed E-state index contributed by atoms with van der Waals surface area (Å²) in [7, 11) is 0. The van der Waals surface area contributed by atoms with E-state index in [4.69, 9.17) is 0 Å². The molecule has 0 aromatic rings. The Kier molecular flexibility index (Phi) is 3.66. The quantitative estimate of drug-likeness (QED) is 0.766. The fraction of sp³-hybridized carbons (Fsp3) is 0.810. The van der Waals surface area contributed by atoms with Crippen molar-refractivity contribution in [1.82, 2.24) is 0 Å². The molecule has 2 N–H and O–H groups in total. The van der Waals surface area contributed by atoms with E-state index >= 15 is 0 Å². The minimum Gasteiger partial charge on any atom is -0.389 e. The average Bonchev–Trinajstić information content (AvgIpc) is 2.83. The van der Waals surface area contributed by atoms with Crippen LogP contribution < -0.4 is 0 Å². The first-order valence-electron chi connectivity index (χ1n) is 9.80. The van der Waals surface area contributed by atoms with E-state index in [2.05, 4.69) is 13.8 Å². The number of hydrogen-bond donors (Lipinski definition) is 2. The zero-order valence-electron chi connectivity index (χ0n) is 15.5. The Bertz CT molecular complexity index is 667. The molecular formula is C21H30O4. The molecule has 4 nitrogen and oxygen atoms in total. The molecule has 3 saturated carbocycles. The molecule has 25 heavy (non-hydrogen) atoms. The van der Waals surface area contributed by atoms with Gasteiger partial charge in [-0.05, 0) is 80.3 Å². The van der Waals surface area contributed by atoms with Crippen LogP contribution in [0.5, 0.6) is 0 Å². The second kappa shape index (κ2) is 5.26. The molecule has 0 saturated heterocycles. The maximum atomic E-state index is 12.2. The van der Waals surface area contributed by atoms with Crippen molar-refractivity contribution in [2.45, 2.75) is 77.4 Å². The molecule has 0 unspecified atom stereocenters. The van der Waals surface area contributed by atoms with Crippen LogP contribution in [0.25, 0.3) is 0 Å². The third-order valence-corrected chi connectivity index (χ3v) is 8.71. The Morgan fingerprint density at radius 1 is 1.16 bits per heavy atom.